The van der Waals surface area contributed by atoms with Gasteiger partial charge in [-0.25, -0.2) is 0 Å². The molecule has 3 heterocycles. The van der Waals surface area contributed by atoms with Gasteiger partial charge in [0.1, 0.15) is 6.54 Å². The van der Waals surface area contributed by atoms with Crippen molar-refractivity contribution < 1.29 is 4.79 Å². The fraction of sp³-hybridized carbons (Fsp3) is 0.429. The molecule has 0 spiro atoms. The second-order valence-corrected chi connectivity index (χ2v) is 6.87. The molecule has 0 unspecified atom stereocenters. The van der Waals surface area contributed by atoms with Crippen molar-refractivity contribution in [2.75, 3.05) is 26.2 Å². The van der Waals surface area contributed by atoms with Crippen LogP contribution in [0.25, 0.3) is 0 Å². The summed E-state index contributed by atoms with van der Waals surface area (Å²) in [6.45, 7) is 4.60. The van der Waals surface area contributed by atoms with E-state index in [1.54, 1.807) is 22.2 Å². The summed E-state index contributed by atoms with van der Waals surface area (Å²) in [5, 5.41) is 4.07. The fourth-order valence-corrected chi connectivity index (χ4v) is 3.58. The van der Waals surface area contributed by atoms with Crippen molar-refractivity contribution in [3.05, 3.63) is 39.8 Å². The maximum absolute atomic E-state index is 12.2. The smallest absolute Gasteiger partial charge is 0.244 e. The summed E-state index contributed by atoms with van der Waals surface area (Å²) in [7, 11) is 0. The average Bonchev–Trinajstić information content (AvgIpc) is 3.12. The predicted octanol–water partition coefficient (Wildman–Crippen LogP) is 1.94. The Bertz CT molecular complexity index is 590. The van der Waals surface area contributed by atoms with Gasteiger partial charge in [-0.1, -0.05) is 11.6 Å². The molecule has 1 aliphatic heterocycles. The first kappa shape index (κ1) is 14.6. The molecule has 1 amide bonds. The van der Waals surface area contributed by atoms with Gasteiger partial charge in [0, 0.05) is 50.0 Å². The maximum atomic E-state index is 12.2. The Morgan fingerprint density at radius 3 is 2.71 bits per heavy atom. The van der Waals surface area contributed by atoms with E-state index in [4.69, 9.17) is 11.6 Å². The Balaban J connectivity index is 1.47. The molecule has 5 nitrogen and oxygen atoms in total. The number of rotatable bonds is 4. The largest absolute Gasteiger partial charge is 0.339 e. The van der Waals surface area contributed by atoms with Crippen molar-refractivity contribution in [3.63, 3.8) is 0 Å². The van der Waals surface area contributed by atoms with E-state index in [1.807, 2.05) is 23.2 Å². The van der Waals surface area contributed by atoms with E-state index in [9.17, 15) is 4.79 Å². The molecule has 0 atom stereocenters. The highest BCUT2D eigenvalue weighted by Crippen LogP contribution is 2.23. The van der Waals surface area contributed by atoms with Crippen LogP contribution in [0.4, 0.5) is 0 Å². The topological polar surface area (TPSA) is 41.4 Å². The number of amides is 1. The van der Waals surface area contributed by atoms with Crippen LogP contribution in [0.2, 0.25) is 4.34 Å². The van der Waals surface area contributed by atoms with Gasteiger partial charge >= 0.3 is 0 Å². The first-order valence-electron chi connectivity index (χ1n) is 6.92. The lowest BCUT2D eigenvalue weighted by Gasteiger charge is -2.34. The first-order valence-corrected chi connectivity index (χ1v) is 8.12. The molecule has 0 bridgehead atoms. The number of aromatic nitrogens is 2. The van der Waals surface area contributed by atoms with Gasteiger partial charge in [-0.3, -0.25) is 14.4 Å². The number of hydrogen-bond donors (Lipinski definition) is 0. The molecule has 3 rings (SSSR count). The van der Waals surface area contributed by atoms with E-state index in [2.05, 4.69) is 16.1 Å². The van der Waals surface area contributed by atoms with Crippen LogP contribution >= 0.6 is 22.9 Å². The fourth-order valence-electron chi connectivity index (χ4n) is 2.45. The van der Waals surface area contributed by atoms with Gasteiger partial charge in [0.25, 0.3) is 0 Å². The van der Waals surface area contributed by atoms with Crippen molar-refractivity contribution in [2.24, 2.45) is 0 Å². The van der Waals surface area contributed by atoms with E-state index in [1.165, 1.54) is 4.88 Å². The van der Waals surface area contributed by atoms with Crippen molar-refractivity contribution in [1.29, 1.82) is 0 Å². The molecule has 0 saturated carbocycles. The monoisotopic (exact) mass is 324 g/mol. The zero-order chi connectivity index (χ0) is 14.7. The average molecular weight is 325 g/mol. The zero-order valence-electron chi connectivity index (χ0n) is 11.6. The lowest BCUT2D eigenvalue weighted by atomic mass is 10.3. The summed E-state index contributed by atoms with van der Waals surface area (Å²) < 4.78 is 2.50. The molecule has 2 aromatic rings. The van der Waals surface area contributed by atoms with E-state index >= 15 is 0 Å². The van der Waals surface area contributed by atoms with Crippen LogP contribution in [0.1, 0.15) is 4.88 Å². The number of piperazine rings is 1. The van der Waals surface area contributed by atoms with Crippen LogP contribution in [0.15, 0.2) is 30.6 Å². The number of carbonyl (C=O) groups is 1. The second kappa shape index (κ2) is 6.60. The van der Waals surface area contributed by atoms with E-state index in [0.717, 1.165) is 37.1 Å². The highest BCUT2D eigenvalue weighted by atomic mass is 35.5. The van der Waals surface area contributed by atoms with Gasteiger partial charge in [-0.05, 0) is 18.2 Å². The minimum absolute atomic E-state index is 0.137. The zero-order valence-corrected chi connectivity index (χ0v) is 13.2. The third-order valence-corrected chi connectivity index (χ3v) is 4.81. The number of hydrogen-bond acceptors (Lipinski definition) is 4. The van der Waals surface area contributed by atoms with Gasteiger partial charge in [0.2, 0.25) is 5.91 Å². The van der Waals surface area contributed by atoms with Gasteiger partial charge in [0.15, 0.2) is 0 Å². The molecule has 1 aliphatic rings. The molecular formula is C14H17ClN4OS. The van der Waals surface area contributed by atoms with Crippen LogP contribution in [0, 0.1) is 0 Å². The Morgan fingerprint density at radius 1 is 1.29 bits per heavy atom. The predicted molar refractivity (Wildman–Crippen MR) is 83.4 cm³/mol. The normalized spacial score (nSPS) is 16.3. The van der Waals surface area contributed by atoms with Crippen LogP contribution in [-0.2, 0) is 17.9 Å². The Kier molecular flexibility index (Phi) is 4.57. The molecule has 0 aromatic carbocycles. The number of nitrogens with zero attached hydrogens (tertiary/aromatic N) is 4. The van der Waals surface area contributed by atoms with Gasteiger partial charge in [0.05, 0.1) is 4.34 Å². The second-order valence-electron chi connectivity index (χ2n) is 5.07. The van der Waals surface area contributed by atoms with Crippen molar-refractivity contribution in [2.45, 2.75) is 13.1 Å². The molecule has 21 heavy (non-hydrogen) atoms. The third kappa shape index (κ3) is 3.84. The van der Waals surface area contributed by atoms with Crippen molar-refractivity contribution >= 4 is 28.8 Å². The quantitative estimate of drug-likeness (QED) is 0.863. The van der Waals surface area contributed by atoms with Gasteiger partial charge < -0.3 is 4.90 Å². The Labute approximate surface area is 132 Å². The maximum Gasteiger partial charge on any atom is 0.244 e. The Hall–Kier alpha value is -1.37. The van der Waals surface area contributed by atoms with Gasteiger partial charge in [-0.2, -0.15) is 5.10 Å². The van der Waals surface area contributed by atoms with E-state index in [0.29, 0.717) is 6.54 Å². The van der Waals surface area contributed by atoms with Crippen LogP contribution in [-0.4, -0.2) is 51.7 Å². The summed E-state index contributed by atoms with van der Waals surface area (Å²) in [6.07, 6.45) is 3.51. The summed E-state index contributed by atoms with van der Waals surface area (Å²) in [4.78, 5) is 17.7. The summed E-state index contributed by atoms with van der Waals surface area (Å²) in [5.41, 5.74) is 0. The van der Waals surface area contributed by atoms with E-state index < -0.39 is 0 Å². The first-order chi connectivity index (χ1) is 10.2. The molecule has 0 N–H and O–H groups in total. The van der Waals surface area contributed by atoms with Crippen molar-refractivity contribution in [1.82, 2.24) is 19.6 Å². The highest BCUT2D eigenvalue weighted by molar-refractivity contribution is 7.16. The van der Waals surface area contributed by atoms with Gasteiger partial charge in [-0.15, -0.1) is 11.3 Å². The SMILES string of the molecule is O=C(Cn1cccn1)N1CCN(Cc2ccc(Cl)s2)CC1. The summed E-state index contributed by atoms with van der Waals surface area (Å²) in [5.74, 6) is 0.137. The Morgan fingerprint density at radius 2 is 2.10 bits per heavy atom. The molecule has 2 aromatic heterocycles. The number of thiophene rings is 1. The molecule has 7 heteroatoms. The molecule has 0 aliphatic carbocycles. The number of carbonyl (C=O) groups excluding carboxylic acids is 1. The summed E-state index contributed by atoms with van der Waals surface area (Å²) in [6, 6.07) is 5.84. The lowest BCUT2D eigenvalue weighted by molar-refractivity contribution is -0.133. The lowest BCUT2D eigenvalue weighted by Crippen LogP contribution is -2.49. The third-order valence-electron chi connectivity index (χ3n) is 3.59. The molecule has 1 fully saturated rings. The molecule has 112 valence electrons. The van der Waals surface area contributed by atoms with Crippen LogP contribution in [0.5, 0.6) is 0 Å². The minimum Gasteiger partial charge on any atom is -0.339 e. The molecule has 0 radical (unpaired) electrons. The molecular weight excluding hydrogens is 308 g/mol. The molecule has 1 saturated heterocycles. The minimum atomic E-state index is 0.137. The van der Waals surface area contributed by atoms with Crippen molar-refractivity contribution in [3.8, 4) is 0 Å². The van der Waals surface area contributed by atoms with Crippen LogP contribution < -0.4 is 0 Å². The number of halogens is 1. The van der Waals surface area contributed by atoms with Crippen LogP contribution in [0.3, 0.4) is 0 Å². The standard InChI is InChI=1S/C14H17ClN4OS/c15-13-3-2-12(21-13)10-17-6-8-18(9-7-17)14(20)11-19-5-1-4-16-19/h1-5H,6-11H2. The van der Waals surface area contributed by atoms with E-state index in [-0.39, 0.29) is 5.91 Å². The highest BCUT2D eigenvalue weighted by Gasteiger charge is 2.21. The summed E-state index contributed by atoms with van der Waals surface area (Å²) >= 11 is 7.57.